The fraction of sp³-hybridized carbons (Fsp3) is 0.318. The predicted molar refractivity (Wildman–Crippen MR) is 97.7 cm³/mol. The summed E-state index contributed by atoms with van der Waals surface area (Å²) >= 11 is 0. The van der Waals surface area contributed by atoms with Gasteiger partial charge in [-0.3, -0.25) is 0 Å². The Labute approximate surface area is 144 Å². The predicted octanol–water partition coefficient (Wildman–Crippen LogP) is 5.60. The zero-order valence-corrected chi connectivity index (χ0v) is 14.6. The maximum Gasteiger partial charge on any atom is 0.343 e. The molecule has 0 saturated heterocycles. The average molecular weight is 320 g/mol. The molecule has 0 fully saturated rings. The van der Waals surface area contributed by atoms with Gasteiger partial charge in [0.1, 0.15) is 5.75 Å². The standard InChI is InChI=1S/C22H24O2/c1-15-8-7-9-16(2)20-14-21(17(3)13-19(20)12-15)24-22(23)18-10-5-4-6-11-18/h4-6,8,10-11,13-14,16H,7,9,12H2,1-3H3/b15-8-/t16-/m1/s1. The molecular formula is C22H24O2. The highest BCUT2D eigenvalue weighted by molar-refractivity contribution is 5.91. The Bertz CT molecular complexity index is 772. The lowest BCUT2D eigenvalue weighted by molar-refractivity contribution is 0.0733. The van der Waals surface area contributed by atoms with Crippen LogP contribution in [0.1, 0.15) is 59.7 Å². The van der Waals surface area contributed by atoms with Crippen LogP contribution in [0.3, 0.4) is 0 Å². The van der Waals surface area contributed by atoms with E-state index in [1.807, 2.05) is 25.1 Å². The molecule has 0 amide bonds. The van der Waals surface area contributed by atoms with Crippen molar-refractivity contribution in [3.05, 3.63) is 76.4 Å². The summed E-state index contributed by atoms with van der Waals surface area (Å²) in [5.41, 5.74) is 5.67. The second-order valence-electron chi connectivity index (χ2n) is 6.78. The van der Waals surface area contributed by atoms with Crippen LogP contribution in [0.4, 0.5) is 0 Å². The zero-order valence-electron chi connectivity index (χ0n) is 14.6. The lowest BCUT2D eigenvalue weighted by atomic mass is 9.85. The van der Waals surface area contributed by atoms with Gasteiger partial charge >= 0.3 is 5.97 Å². The molecule has 2 nitrogen and oxygen atoms in total. The number of esters is 1. The van der Waals surface area contributed by atoms with Crippen LogP contribution in [-0.4, -0.2) is 5.97 Å². The van der Waals surface area contributed by atoms with Crippen LogP contribution in [0, 0.1) is 6.92 Å². The Morgan fingerprint density at radius 1 is 1.12 bits per heavy atom. The van der Waals surface area contributed by atoms with Crippen molar-refractivity contribution in [2.45, 2.75) is 46.0 Å². The van der Waals surface area contributed by atoms with Crippen molar-refractivity contribution in [3.63, 3.8) is 0 Å². The summed E-state index contributed by atoms with van der Waals surface area (Å²) < 4.78 is 5.69. The minimum atomic E-state index is -0.298. The first kappa shape index (κ1) is 16.5. The summed E-state index contributed by atoms with van der Waals surface area (Å²) in [6, 6.07) is 13.4. The second-order valence-corrected chi connectivity index (χ2v) is 6.78. The maximum absolute atomic E-state index is 12.4. The van der Waals surface area contributed by atoms with Crippen molar-refractivity contribution in [3.8, 4) is 5.75 Å². The molecule has 2 aromatic rings. The van der Waals surface area contributed by atoms with E-state index in [2.05, 4.69) is 32.1 Å². The van der Waals surface area contributed by atoms with Crippen molar-refractivity contribution < 1.29 is 9.53 Å². The van der Waals surface area contributed by atoms with Gasteiger partial charge in [0.2, 0.25) is 0 Å². The maximum atomic E-state index is 12.4. The highest BCUT2D eigenvalue weighted by Gasteiger charge is 2.18. The fourth-order valence-corrected chi connectivity index (χ4v) is 3.33. The van der Waals surface area contributed by atoms with E-state index in [9.17, 15) is 4.79 Å². The van der Waals surface area contributed by atoms with E-state index < -0.39 is 0 Å². The number of fused-ring (bicyclic) bond motifs is 1. The number of allylic oxidation sites excluding steroid dienone is 2. The SMILES string of the molecule is C/C1=C/CC[C@@H](C)c2cc(OC(=O)c3ccccc3)c(C)cc2C1. The first-order valence-electron chi connectivity index (χ1n) is 8.61. The Kier molecular flexibility index (Phi) is 4.84. The normalized spacial score (nSPS) is 19.5. The molecule has 0 N–H and O–H groups in total. The summed E-state index contributed by atoms with van der Waals surface area (Å²) in [6.45, 7) is 6.46. The number of ether oxygens (including phenoxy) is 1. The molecule has 0 unspecified atom stereocenters. The van der Waals surface area contributed by atoms with Crippen LogP contribution in [0.2, 0.25) is 0 Å². The highest BCUT2D eigenvalue weighted by Crippen LogP contribution is 2.34. The van der Waals surface area contributed by atoms with Gasteiger partial charge in [-0.05, 0) is 73.9 Å². The molecule has 0 heterocycles. The molecule has 2 aromatic carbocycles. The molecule has 1 aliphatic carbocycles. The minimum Gasteiger partial charge on any atom is -0.423 e. The number of benzene rings is 2. The third kappa shape index (κ3) is 3.59. The number of carbonyl (C=O) groups is 1. The molecule has 24 heavy (non-hydrogen) atoms. The van der Waals surface area contributed by atoms with Gasteiger partial charge in [0.15, 0.2) is 0 Å². The van der Waals surface area contributed by atoms with Gasteiger partial charge in [-0.1, -0.05) is 42.8 Å². The lowest BCUT2D eigenvalue weighted by Crippen LogP contribution is -2.11. The van der Waals surface area contributed by atoms with Crippen molar-refractivity contribution in [2.75, 3.05) is 0 Å². The molecule has 1 atom stereocenters. The van der Waals surface area contributed by atoms with Crippen molar-refractivity contribution in [1.29, 1.82) is 0 Å². The van der Waals surface area contributed by atoms with E-state index in [-0.39, 0.29) is 5.97 Å². The quantitative estimate of drug-likeness (QED) is 0.409. The topological polar surface area (TPSA) is 26.3 Å². The van der Waals surface area contributed by atoms with Crippen molar-refractivity contribution >= 4 is 5.97 Å². The number of hydrogen-bond donors (Lipinski definition) is 0. The van der Waals surface area contributed by atoms with Crippen molar-refractivity contribution in [1.82, 2.24) is 0 Å². The molecule has 3 rings (SSSR count). The van der Waals surface area contributed by atoms with Crippen LogP contribution >= 0.6 is 0 Å². The smallest absolute Gasteiger partial charge is 0.343 e. The molecule has 0 saturated carbocycles. The molecule has 0 spiro atoms. The minimum absolute atomic E-state index is 0.298. The van der Waals surface area contributed by atoms with Gasteiger partial charge in [0, 0.05) is 0 Å². The molecule has 0 radical (unpaired) electrons. The van der Waals surface area contributed by atoms with E-state index in [1.54, 1.807) is 12.1 Å². The van der Waals surface area contributed by atoms with E-state index in [1.165, 1.54) is 16.7 Å². The Balaban J connectivity index is 1.93. The van der Waals surface area contributed by atoms with Crippen LogP contribution in [0.15, 0.2) is 54.1 Å². The zero-order chi connectivity index (χ0) is 17.1. The van der Waals surface area contributed by atoms with Gasteiger partial charge in [0.05, 0.1) is 5.56 Å². The Morgan fingerprint density at radius 3 is 2.62 bits per heavy atom. The van der Waals surface area contributed by atoms with Gasteiger partial charge in [-0.25, -0.2) is 4.79 Å². The van der Waals surface area contributed by atoms with Crippen LogP contribution in [0.25, 0.3) is 0 Å². The summed E-state index contributed by atoms with van der Waals surface area (Å²) in [5, 5.41) is 0. The summed E-state index contributed by atoms with van der Waals surface area (Å²) in [4.78, 5) is 12.4. The molecule has 1 aliphatic rings. The average Bonchev–Trinajstić information content (AvgIpc) is 2.56. The summed E-state index contributed by atoms with van der Waals surface area (Å²) in [7, 11) is 0. The van der Waals surface area contributed by atoms with E-state index in [0.717, 1.165) is 24.8 Å². The van der Waals surface area contributed by atoms with Crippen LogP contribution in [0.5, 0.6) is 5.75 Å². The van der Waals surface area contributed by atoms with Crippen molar-refractivity contribution in [2.24, 2.45) is 0 Å². The molecule has 124 valence electrons. The molecule has 0 aromatic heterocycles. The number of rotatable bonds is 2. The number of hydrogen-bond acceptors (Lipinski definition) is 2. The molecule has 0 aliphatic heterocycles. The highest BCUT2D eigenvalue weighted by atomic mass is 16.5. The first-order chi connectivity index (χ1) is 11.5. The van der Waals surface area contributed by atoms with E-state index in [0.29, 0.717) is 17.2 Å². The Hall–Kier alpha value is -2.35. The molecule has 0 bridgehead atoms. The van der Waals surface area contributed by atoms with Gasteiger partial charge in [-0.2, -0.15) is 0 Å². The second kappa shape index (κ2) is 7.04. The molecular weight excluding hydrogens is 296 g/mol. The largest absolute Gasteiger partial charge is 0.423 e. The Morgan fingerprint density at radius 2 is 1.88 bits per heavy atom. The third-order valence-corrected chi connectivity index (χ3v) is 4.74. The first-order valence-corrected chi connectivity index (χ1v) is 8.61. The monoisotopic (exact) mass is 320 g/mol. The third-order valence-electron chi connectivity index (χ3n) is 4.74. The van der Waals surface area contributed by atoms with Crippen LogP contribution < -0.4 is 4.74 Å². The number of aryl methyl sites for hydroxylation is 1. The van der Waals surface area contributed by atoms with E-state index >= 15 is 0 Å². The summed E-state index contributed by atoms with van der Waals surface area (Å²) in [6.07, 6.45) is 5.56. The van der Waals surface area contributed by atoms with Gasteiger partial charge < -0.3 is 4.74 Å². The van der Waals surface area contributed by atoms with Crippen LogP contribution in [-0.2, 0) is 6.42 Å². The van der Waals surface area contributed by atoms with E-state index in [4.69, 9.17) is 4.74 Å². The lowest BCUT2D eigenvalue weighted by Gasteiger charge is -2.21. The van der Waals surface area contributed by atoms with Gasteiger partial charge in [0.25, 0.3) is 0 Å². The summed E-state index contributed by atoms with van der Waals surface area (Å²) in [5.74, 6) is 0.851. The molecule has 2 heteroatoms. The number of carbonyl (C=O) groups excluding carboxylic acids is 1. The fourth-order valence-electron chi connectivity index (χ4n) is 3.33. The van der Waals surface area contributed by atoms with Gasteiger partial charge in [-0.15, -0.1) is 0 Å².